The second-order valence-corrected chi connectivity index (χ2v) is 6.67. The number of hydrogen-bond acceptors (Lipinski definition) is 5. The van der Waals surface area contributed by atoms with Gasteiger partial charge >= 0.3 is 0 Å². The Bertz CT molecular complexity index is 678. The fraction of sp³-hybridized carbons (Fsp3) is 0.625. The van der Waals surface area contributed by atoms with E-state index < -0.39 is 0 Å². The van der Waals surface area contributed by atoms with E-state index in [4.69, 9.17) is 12.2 Å². The zero-order chi connectivity index (χ0) is 18.3. The molecule has 0 aromatic carbocycles. The van der Waals surface area contributed by atoms with Gasteiger partial charge in [0.25, 0.3) is 5.56 Å². The van der Waals surface area contributed by atoms with Gasteiger partial charge in [-0.15, -0.1) is 0 Å². The molecule has 1 rings (SSSR count). The van der Waals surface area contributed by atoms with Crippen molar-refractivity contribution in [3.63, 3.8) is 0 Å². The van der Waals surface area contributed by atoms with Crippen molar-refractivity contribution in [2.24, 2.45) is 5.92 Å². The molecule has 0 bridgehead atoms. The van der Waals surface area contributed by atoms with Gasteiger partial charge in [0, 0.05) is 37.3 Å². The van der Waals surface area contributed by atoms with Crippen LogP contribution in [-0.4, -0.2) is 51.8 Å². The summed E-state index contributed by atoms with van der Waals surface area (Å²) in [5.74, 6) is -0.329. The minimum atomic E-state index is -0.309. The van der Waals surface area contributed by atoms with E-state index in [1.807, 2.05) is 27.7 Å². The minimum absolute atomic E-state index is 0.0112. The van der Waals surface area contributed by atoms with Gasteiger partial charge in [-0.3, -0.25) is 19.4 Å². The molecule has 0 saturated carbocycles. The molecule has 0 aliphatic rings. The van der Waals surface area contributed by atoms with E-state index in [2.05, 4.69) is 10.3 Å². The fourth-order valence-electron chi connectivity index (χ4n) is 1.97. The zero-order valence-electron chi connectivity index (χ0n) is 14.7. The van der Waals surface area contributed by atoms with E-state index in [0.29, 0.717) is 19.1 Å². The maximum atomic E-state index is 12.6. The lowest BCUT2D eigenvalue weighted by atomic mass is 10.1. The van der Waals surface area contributed by atoms with Gasteiger partial charge in [-0.2, -0.15) is 0 Å². The second kappa shape index (κ2) is 9.48. The summed E-state index contributed by atoms with van der Waals surface area (Å²) in [6.45, 7) is 8.77. The van der Waals surface area contributed by atoms with Crippen LogP contribution >= 0.6 is 12.2 Å². The van der Waals surface area contributed by atoms with Crippen LogP contribution in [0.5, 0.6) is 0 Å². The first-order valence-electron chi connectivity index (χ1n) is 8.04. The predicted molar refractivity (Wildman–Crippen MR) is 95.5 cm³/mol. The Morgan fingerprint density at radius 3 is 2.54 bits per heavy atom. The smallest absolute Gasteiger partial charge is 0.251 e. The second-order valence-electron chi connectivity index (χ2n) is 6.28. The van der Waals surface area contributed by atoms with Crippen LogP contribution in [0.15, 0.2) is 17.1 Å². The number of H-pyrrole nitrogens is 1. The Labute approximate surface area is 147 Å². The van der Waals surface area contributed by atoms with E-state index in [0.717, 1.165) is 0 Å². The lowest BCUT2D eigenvalue weighted by Gasteiger charge is -2.24. The average Bonchev–Trinajstić information content (AvgIpc) is 2.48. The lowest BCUT2D eigenvalue weighted by Crippen LogP contribution is -2.43. The van der Waals surface area contributed by atoms with Crippen LogP contribution in [0.25, 0.3) is 0 Å². The third-order valence-electron chi connectivity index (χ3n) is 3.48. The number of ketones is 1. The average molecular weight is 354 g/mol. The number of carbonyl (C=O) groups is 2. The quantitative estimate of drug-likeness (QED) is 0.645. The molecule has 134 valence electrons. The maximum Gasteiger partial charge on any atom is 0.251 e. The number of carbonyl (C=O) groups excluding carboxylic acids is 2. The van der Waals surface area contributed by atoms with Crippen molar-refractivity contribution in [3.05, 3.63) is 27.4 Å². The van der Waals surface area contributed by atoms with Crippen molar-refractivity contribution in [2.45, 2.75) is 40.3 Å². The summed E-state index contributed by atoms with van der Waals surface area (Å²) in [4.78, 5) is 39.8. The molecule has 1 amide bonds. The molecular formula is C16H26N4O3S. The number of Topliss-reactive ketones (excluding diaryl/α,β-unsaturated/α-hetero) is 1. The monoisotopic (exact) mass is 354 g/mol. The standard InChI is InChI=1S/C16H26N4O3S/c1-11(2)13(21)9-19(8-6-17-12(3)4)15(23)10-20-7-5-14(22)18-16(20)24/h5,7,11-12,17H,6,8-10H2,1-4H3,(H,18,22,24). The van der Waals surface area contributed by atoms with Crippen LogP contribution in [0, 0.1) is 10.7 Å². The Hall–Kier alpha value is -1.80. The molecule has 8 heteroatoms. The first-order chi connectivity index (χ1) is 11.2. The molecule has 1 aromatic rings. The highest BCUT2D eigenvalue weighted by Gasteiger charge is 2.19. The molecule has 0 aliphatic carbocycles. The summed E-state index contributed by atoms with van der Waals surface area (Å²) < 4.78 is 1.67. The molecule has 1 aromatic heterocycles. The van der Waals surface area contributed by atoms with E-state index in [1.165, 1.54) is 21.7 Å². The molecule has 2 N–H and O–H groups in total. The molecule has 0 unspecified atom stereocenters. The van der Waals surface area contributed by atoms with Crippen molar-refractivity contribution in [3.8, 4) is 0 Å². The topological polar surface area (TPSA) is 87.2 Å². The molecule has 24 heavy (non-hydrogen) atoms. The van der Waals surface area contributed by atoms with Crippen LogP contribution in [0.1, 0.15) is 27.7 Å². The van der Waals surface area contributed by atoms with E-state index in [-0.39, 0.29) is 41.0 Å². The molecular weight excluding hydrogens is 328 g/mol. The molecule has 0 spiro atoms. The van der Waals surface area contributed by atoms with Crippen molar-refractivity contribution in [1.29, 1.82) is 0 Å². The van der Waals surface area contributed by atoms with Crippen molar-refractivity contribution in [2.75, 3.05) is 19.6 Å². The highest BCUT2D eigenvalue weighted by Crippen LogP contribution is 2.01. The Morgan fingerprint density at radius 1 is 1.33 bits per heavy atom. The first kappa shape index (κ1) is 20.2. The Kier molecular flexibility index (Phi) is 8.00. The first-order valence-corrected chi connectivity index (χ1v) is 8.45. The molecule has 0 fully saturated rings. The normalized spacial score (nSPS) is 11.1. The van der Waals surface area contributed by atoms with Gasteiger partial charge in [-0.25, -0.2) is 0 Å². The van der Waals surface area contributed by atoms with Gasteiger partial charge in [0.2, 0.25) is 5.91 Å². The summed E-state index contributed by atoms with van der Waals surface area (Å²) in [5.41, 5.74) is -0.309. The van der Waals surface area contributed by atoms with Gasteiger partial charge in [0.05, 0.1) is 6.54 Å². The number of hydrogen-bond donors (Lipinski definition) is 2. The highest BCUT2D eigenvalue weighted by atomic mass is 32.1. The SMILES string of the molecule is CC(C)NCCN(CC(=O)C(C)C)C(=O)Cn1ccc(=O)[nH]c1=S. The van der Waals surface area contributed by atoms with Crippen LogP contribution in [0.2, 0.25) is 0 Å². The van der Waals surface area contributed by atoms with Gasteiger partial charge in [-0.1, -0.05) is 27.7 Å². The largest absolute Gasteiger partial charge is 0.333 e. The number of aromatic amines is 1. The molecule has 1 heterocycles. The molecule has 0 aliphatic heterocycles. The van der Waals surface area contributed by atoms with E-state index in [9.17, 15) is 14.4 Å². The molecule has 7 nitrogen and oxygen atoms in total. The van der Waals surface area contributed by atoms with E-state index in [1.54, 1.807) is 0 Å². The number of rotatable bonds is 9. The zero-order valence-corrected chi connectivity index (χ0v) is 15.5. The van der Waals surface area contributed by atoms with Gasteiger partial charge in [0.1, 0.15) is 6.54 Å². The summed E-state index contributed by atoms with van der Waals surface area (Å²) in [6.07, 6.45) is 1.48. The summed E-state index contributed by atoms with van der Waals surface area (Å²) >= 11 is 5.05. The minimum Gasteiger partial charge on any atom is -0.333 e. The molecule has 0 radical (unpaired) electrons. The Balaban J connectivity index is 2.82. The number of amides is 1. The summed E-state index contributed by atoms with van der Waals surface area (Å²) in [6, 6.07) is 1.61. The Morgan fingerprint density at radius 2 is 2.00 bits per heavy atom. The van der Waals surface area contributed by atoms with Gasteiger partial charge in [-0.05, 0) is 12.2 Å². The van der Waals surface area contributed by atoms with Crippen LogP contribution in [0.3, 0.4) is 0 Å². The third-order valence-corrected chi connectivity index (χ3v) is 3.82. The van der Waals surface area contributed by atoms with Crippen LogP contribution in [0.4, 0.5) is 0 Å². The van der Waals surface area contributed by atoms with Crippen LogP contribution in [-0.2, 0) is 16.1 Å². The predicted octanol–water partition coefficient (Wildman–Crippen LogP) is 0.958. The third kappa shape index (κ3) is 6.76. The lowest BCUT2D eigenvalue weighted by molar-refractivity contribution is -0.136. The van der Waals surface area contributed by atoms with Crippen LogP contribution < -0.4 is 10.9 Å². The van der Waals surface area contributed by atoms with Gasteiger partial charge in [0.15, 0.2) is 10.6 Å². The van der Waals surface area contributed by atoms with Crippen molar-refractivity contribution >= 4 is 23.9 Å². The van der Waals surface area contributed by atoms with Crippen molar-refractivity contribution < 1.29 is 9.59 Å². The fourth-order valence-corrected chi connectivity index (χ4v) is 2.19. The molecule has 0 atom stereocenters. The van der Waals surface area contributed by atoms with Gasteiger partial charge < -0.3 is 14.8 Å². The number of nitrogens with zero attached hydrogens (tertiary/aromatic N) is 2. The maximum absolute atomic E-state index is 12.6. The summed E-state index contributed by atoms with van der Waals surface area (Å²) in [7, 11) is 0. The highest BCUT2D eigenvalue weighted by molar-refractivity contribution is 7.71. The molecule has 0 saturated heterocycles. The number of aromatic nitrogens is 2. The summed E-state index contributed by atoms with van der Waals surface area (Å²) in [5, 5.41) is 3.24. The van der Waals surface area contributed by atoms with Crippen molar-refractivity contribution in [1.82, 2.24) is 19.8 Å². The van der Waals surface area contributed by atoms with E-state index >= 15 is 0 Å². The number of nitrogens with one attached hydrogen (secondary N) is 2.